The SMILES string of the molecule is COc1ccc(F)cc1-c1ccc(C[C@]2(C(=O)NCC(N)=O)CCCO2)cc1. The lowest BCUT2D eigenvalue weighted by atomic mass is 9.89. The number of hydrogen-bond donors (Lipinski definition) is 2. The zero-order chi connectivity index (χ0) is 20.1. The molecule has 1 aliphatic heterocycles. The van der Waals surface area contributed by atoms with E-state index < -0.39 is 11.5 Å². The van der Waals surface area contributed by atoms with Gasteiger partial charge in [0.05, 0.1) is 13.7 Å². The first-order valence-electron chi connectivity index (χ1n) is 9.07. The number of methoxy groups -OCH3 is 1. The molecule has 0 unspecified atom stereocenters. The Morgan fingerprint density at radius 2 is 2.00 bits per heavy atom. The number of amides is 2. The molecular weight excluding hydrogens is 363 g/mol. The molecule has 2 aromatic carbocycles. The first-order chi connectivity index (χ1) is 13.4. The van der Waals surface area contributed by atoms with Gasteiger partial charge in [-0.2, -0.15) is 0 Å². The van der Waals surface area contributed by atoms with Crippen LogP contribution in [0.15, 0.2) is 42.5 Å². The van der Waals surface area contributed by atoms with Crippen molar-refractivity contribution >= 4 is 11.8 Å². The second-order valence-electron chi connectivity index (χ2n) is 6.81. The largest absolute Gasteiger partial charge is 0.496 e. The van der Waals surface area contributed by atoms with Gasteiger partial charge in [0.25, 0.3) is 5.91 Å². The van der Waals surface area contributed by atoms with Crippen LogP contribution in [0.2, 0.25) is 0 Å². The Kier molecular flexibility index (Phi) is 5.94. The quantitative estimate of drug-likeness (QED) is 0.763. The van der Waals surface area contributed by atoms with Gasteiger partial charge in [-0.15, -0.1) is 0 Å². The first kappa shape index (κ1) is 19.8. The predicted molar refractivity (Wildman–Crippen MR) is 102 cm³/mol. The average Bonchev–Trinajstić information content (AvgIpc) is 3.16. The Morgan fingerprint density at radius 1 is 1.25 bits per heavy atom. The van der Waals surface area contributed by atoms with E-state index >= 15 is 0 Å². The van der Waals surface area contributed by atoms with Crippen LogP contribution in [0.4, 0.5) is 4.39 Å². The van der Waals surface area contributed by atoms with Crippen molar-refractivity contribution in [2.75, 3.05) is 20.3 Å². The lowest BCUT2D eigenvalue weighted by Crippen LogP contribution is -2.50. The highest BCUT2D eigenvalue weighted by atomic mass is 19.1. The van der Waals surface area contributed by atoms with Crippen LogP contribution in [0.25, 0.3) is 11.1 Å². The highest BCUT2D eigenvalue weighted by molar-refractivity contribution is 5.89. The Morgan fingerprint density at radius 3 is 2.61 bits per heavy atom. The molecule has 2 amide bonds. The fourth-order valence-electron chi connectivity index (χ4n) is 3.46. The van der Waals surface area contributed by atoms with Gasteiger partial charge in [0.15, 0.2) is 5.60 Å². The number of ether oxygens (including phenoxy) is 2. The zero-order valence-corrected chi connectivity index (χ0v) is 15.7. The number of halogens is 1. The third kappa shape index (κ3) is 4.31. The fourth-order valence-corrected chi connectivity index (χ4v) is 3.46. The summed E-state index contributed by atoms with van der Waals surface area (Å²) < 4.78 is 24.7. The van der Waals surface area contributed by atoms with Crippen molar-refractivity contribution in [2.45, 2.75) is 24.9 Å². The predicted octanol–water partition coefficient (Wildman–Crippen LogP) is 2.19. The van der Waals surface area contributed by atoms with Crippen LogP contribution >= 0.6 is 0 Å². The highest BCUT2D eigenvalue weighted by Crippen LogP contribution is 2.33. The van der Waals surface area contributed by atoms with E-state index in [1.165, 1.54) is 19.2 Å². The zero-order valence-electron chi connectivity index (χ0n) is 15.7. The van der Waals surface area contributed by atoms with E-state index in [0.717, 1.165) is 17.5 Å². The number of hydrogen-bond acceptors (Lipinski definition) is 4. The molecule has 3 N–H and O–H groups in total. The van der Waals surface area contributed by atoms with Gasteiger partial charge in [-0.25, -0.2) is 4.39 Å². The van der Waals surface area contributed by atoms with Crippen LogP contribution in [-0.2, 0) is 20.7 Å². The molecule has 0 aliphatic carbocycles. The monoisotopic (exact) mass is 386 g/mol. The number of carbonyl (C=O) groups is 2. The third-order valence-electron chi connectivity index (χ3n) is 4.86. The summed E-state index contributed by atoms with van der Waals surface area (Å²) in [5.74, 6) is -0.700. The Balaban J connectivity index is 1.80. The van der Waals surface area contributed by atoms with Gasteiger partial charge in [-0.1, -0.05) is 24.3 Å². The minimum absolute atomic E-state index is 0.220. The van der Waals surface area contributed by atoms with E-state index in [-0.39, 0.29) is 18.3 Å². The molecule has 1 saturated heterocycles. The van der Waals surface area contributed by atoms with Crippen LogP contribution in [0.1, 0.15) is 18.4 Å². The van der Waals surface area contributed by atoms with Gasteiger partial charge in [0.1, 0.15) is 11.6 Å². The van der Waals surface area contributed by atoms with E-state index in [1.54, 1.807) is 6.07 Å². The molecule has 0 spiro atoms. The van der Waals surface area contributed by atoms with Gasteiger partial charge < -0.3 is 20.5 Å². The second-order valence-corrected chi connectivity index (χ2v) is 6.81. The summed E-state index contributed by atoms with van der Waals surface area (Å²) in [6, 6.07) is 11.8. The normalized spacial score (nSPS) is 18.6. The van der Waals surface area contributed by atoms with Gasteiger partial charge in [-0.05, 0) is 42.2 Å². The third-order valence-corrected chi connectivity index (χ3v) is 4.86. The second kappa shape index (κ2) is 8.39. The van der Waals surface area contributed by atoms with Gasteiger partial charge in [0.2, 0.25) is 5.91 Å². The van der Waals surface area contributed by atoms with Crippen LogP contribution in [0.3, 0.4) is 0 Å². The summed E-state index contributed by atoms with van der Waals surface area (Å²) in [7, 11) is 1.54. The molecule has 1 atom stereocenters. The van der Waals surface area contributed by atoms with Crippen molar-refractivity contribution in [3.63, 3.8) is 0 Å². The number of rotatable bonds is 7. The maximum atomic E-state index is 13.6. The molecule has 1 heterocycles. The lowest BCUT2D eigenvalue weighted by Gasteiger charge is -2.27. The maximum absolute atomic E-state index is 13.6. The van der Waals surface area contributed by atoms with Crippen LogP contribution < -0.4 is 15.8 Å². The number of primary amides is 1. The summed E-state index contributed by atoms with van der Waals surface area (Å²) in [6.45, 7) is 0.269. The number of benzene rings is 2. The maximum Gasteiger partial charge on any atom is 0.253 e. The molecule has 0 radical (unpaired) electrons. The summed E-state index contributed by atoms with van der Waals surface area (Å²) >= 11 is 0. The van der Waals surface area contributed by atoms with Crippen molar-refractivity contribution in [3.05, 3.63) is 53.8 Å². The summed E-state index contributed by atoms with van der Waals surface area (Å²) in [5, 5.41) is 2.55. The molecule has 3 rings (SSSR count). The molecule has 0 aromatic heterocycles. The van der Waals surface area contributed by atoms with Gasteiger partial charge >= 0.3 is 0 Å². The van der Waals surface area contributed by atoms with Crippen molar-refractivity contribution in [3.8, 4) is 16.9 Å². The molecule has 148 valence electrons. The van der Waals surface area contributed by atoms with Gasteiger partial charge in [0, 0.05) is 18.6 Å². The number of carbonyl (C=O) groups excluding carboxylic acids is 2. The van der Waals surface area contributed by atoms with E-state index in [2.05, 4.69) is 5.32 Å². The minimum atomic E-state index is -1.01. The first-order valence-corrected chi connectivity index (χ1v) is 9.07. The van der Waals surface area contributed by atoms with Crippen molar-refractivity contribution in [1.82, 2.24) is 5.32 Å². The molecule has 0 saturated carbocycles. The lowest BCUT2D eigenvalue weighted by molar-refractivity contribution is -0.142. The highest BCUT2D eigenvalue weighted by Gasteiger charge is 2.42. The summed E-state index contributed by atoms with van der Waals surface area (Å²) in [4.78, 5) is 23.5. The molecule has 28 heavy (non-hydrogen) atoms. The van der Waals surface area contributed by atoms with E-state index in [4.69, 9.17) is 15.2 Å². The molecule has 1 fully saturated rings. The summed E-state index contributed by atoms with van der Waals surface area (Å²) in [6.07, 6.45) is 1.71. The summed E-state index contributed by atoms with van der Waals surface area (Å²) in [5.41, 5.74) is 6.46. The Labute approximate surface area is 162 Å². The molecule has 2 aromatic rings. The Hall–Kier alpha value is -2.93. The van der Waals surface area contributed by atoms with Gasteiger partial charge in [-0.3, -0.25) is 9.59 Å². The number of nitrogens with one attached hydrogen (secondary N) is 1. The van der Waals surface area contributed by atoms with E-state index in [0.29, 0.717) is 30.8 Å². The minimum Gasteiger partial charge on any atom is -0.496 e. The van der Waals surface area contributed by atoms with E-state index in [1.807, 2.05) is 24.3 Å². The smallest absolute Gasteiger partial charge is 0.253 e. The molecule has 0 bridgehead atoms. The fraction of sp³-hybridized carbons (Fsp3) is 0.333. The molecular formula is C21H23FN2O4. The molecule has 7 heteroatoms. The van der Waals surface area contributed by atoms with Crippen LogP contribution in [0, 0.1) is 5.82 Å². The average molecular weight is 386 g/mol. The number of nitrogens with two attached hydrogens (primary N) is 1. The topological polar surface area (TPSA) is 90.6 Å². The van der Waals surface area contributed by atoms with Crippen LogP contribution in [0.5, 0.6) is 5.75 Å². The Bertz CT molecular complexity index is 861. The molecule has 6 nitrogen and oxygen atoms in total. The van der Waals surface area contributed by atoms with Crippen molar-refractivity contribution in [2.24, 2.45) is 5.73 Å². The van der Waals surface area contributed by atoms with E-state index in [9.17, 15) is 14.0 Å². The van der Waals surface area contributed by atoms with Crippen molar-refractivity contribution in [1.29, 1.82) is 0 Å². The molecule has 1 aliphatic rings. The standard InChI is InChI=1S/C21H23FN2O4/c1-27-18-8-7-16(22)11-17(18)15-5-3-14(4-6-15)12-21(9-2-10-28-21)20(26)24-13-19(23)25/h3-8,11H,2,9-10,12-13H2,1H3,(H2,23,25)(H,24,26)/t21-/m0/s1. The van der Waals surface area contributed by atoms with Crippen LogP contribution in [-0.4, -0.2) is 37.7 Å². The van der Waals surface area contributed by atoms with Crippen molar-refractivity contribution < 1.29 is 23.5 Å².